The molecule has 0 radical (unpaired) electrons. The van der Waals surface area contributed by atoms with Gasteiger partial charge in [0.2, 0.25) is 5.91 Å². The molecule has 2 amide bonds. The van der Waals surface area contributed by atoms with Crippen LogP contribution in [-0.4, -0.2) is 114 Å². The van der Waals surface area contributed by atoms with E-state index in [9.17, 15) is 9.59 Å². The molecular formula is C28H41ClN6O2. The zero-order chi connectivity index (χ0) is 26.2. The lowest BCUT2D eigenvalue weighted by Gasteiger charge is -2.47. The maximum Gasteiger partial charge on any atom is 0.268 e. The molecule has 3 aliphatic heterocycles. The number of nitrogens with zero attached hydrogens (tertiary/aromatic N) is 4. The average Bonchev–Trinajstić information content (AvgIpc) is 3.32. The summed E-state index contributed by atoms with van der Waals surface area (Å²) >= 11 is 6.15. The van der Waals surface area contributed by atoms with Gasteiger partial charge in [0.1, 0.15) is 11.2 Å². The number of halogens is 1. The third-order valence-corrected chi connectivity index (χ3v) is 9.22. The van der Waals surface area contributed by atoms with Crippen LogP contribution in [0.25, 0.3) is 10.9 Å². The fraction of sp³-hybridized carbons (Fsp3) is 0.643. The minimum absolute atomic E-state index is 0.0533. The number of nitrogens with one attached hydrogen (secondary N) is 2. The van der Waals surface area contributed by atoms with Gasteiger partial charge in [0.25, 0.3) is 5.91 Å². The van der Waals surface area contributed by atoms with Gasteiger partial charge in [-0.3, -0.25) is 14.5 Å². The van der Waals surface area contributed by atoms with Gasteiger partial charge in [0, 0.05) is 48.1 Å². The number of hydrogen-bond acceptors (Lipinski definition) is 5. The number of H-pyrrole nitrogens is 1. The van der Waals surface area contributed by atoms with Crippen LogP contribution in [0.2, 0.25) is 5.02 Å². The molecule has 3 aliphatic rings. The average molecular weight is 529 g/mol. The molecule has 0 saturated carbocycles. The van der Waals surface area contributed by atoms with Crippen molar-refractivity contribution in [3.05, 3.63) is 35.0 Å². The van der Waals surface area contributed by atoms with Gasteiger partial charge in [-0.05, 0) is 103 Å². The van der Waals surface area contributed by atoms with Crippen LogP contribution in [0.3, 0.4) is 0 Å². The summed E-state index contributed by atoms with van der Waals surface area (Å²) in [5.74, 6) is -0.101. The maximum absolute atomic E-state index is 14.2. The molecule has 0 unspecified atom stereocenters. The zero-order valence-corrected chi connectivity index (χ0v) is 23.2. The predicted octanol–water partition coefficient (Wildman–Crippen LogP) is 2.89. The van der Waals surface area contributed by atoms with E-state index in [4.69, 9.17) is 11.6 Å². The van der Waals surface area contributed by atoms with Gasteiger partial charge >= 0.3 is 0 Å². The summed E-state index contributed by atoms with van der Waals surface area (Å²) in [4.78, 5) is 40.1. The molecule has 202 valence electrons. The summed E-state index contributed by atoms with van der Waals surface area (Å²) in [5.41, 5.74) is 0.353. The molecule has 8 nitrogen and oxygen atoms in total. The summed E-state index contributed by atoms with van der Waals surface area (Å²) in [5, 5.41) is 4.73. The van der Waals surface area contributed by atoms with E-state index < -0.39 is 5.54 Å². The molecule has 4 heterocycles. The van der Waals surface area contributed by atoms with E-state index in [2.05, 4.69) is 39.1 Å². The number of hydrogen-bond donors (Lipinski definition) is 2. The standard InChI is InChI=1S/C28H41ClN6O2/c1-28(21-6-10-32(2)11-7-21,31-26(36)25-19-20-18-22(29)4-5-24(20)30-25)27(37)35-16-14-34(15-17-35)23-8-12-33(3)13-9-23/h4-5,18-19,21,23,30H,6-17H2,1-3H3,(H,31,36)/t28-/m1/s1. The van der Waals surface area contributed by atoms with Crippen molar-refractivity contribution in [2.75, 3.05) is 66.5 Å². The minimum atomic E-state index is -0.955. The van der Waals surface area contributed by atoms with Gasteiger partial charge in [-0.1, -0.05) is 11.6 Å². The monoisotopic (exact) mass is 528 g/mol. The Morgan fingerprint density at radius 1 is 0.919 bits per heavy atom. The first-order valence-electron chi connectivity index (χ1n) is 13.7. The van der Waals surface area contributed by atoms with E-state index in [1.54, 1.807) is 6.07 Å². The highest BCUT2D eigenvalue weighted by molar-refractivity contribution is 6.31. The van der Waals surface area contributed by atoms with Crippen LogP contribution in [0.15, 0.2) is 24.3 Å². The third-order valence-electron chi connectivity index (χ3n) is 8.99. The van der Waals surface area contributed by atoms with Crippen molar-refractivity contribution in [3.63, 3.8) is 0 Å². The number of aromatic amines is 1. The van der Waals surface area contributed by atoms with Crippen LogP contribution in [0.4, 0.5) is 0 Å². The Bertz CT molecular complexity index is 1110. The Hall–Kier alpha value is -2.13. The molecular weight excluding hydrogens is 488 g/mol. The Kier molecular flexibility index (Phi) is 7.82. The zero-order valence-electron chi connectivity index (χ0n) is 22.4. The highest BCUT2D eigenvalue weighted by Gasteiger charge is 2.46. The lowest BCUT2D eigenvalue weighted by Crippen LogP contribution is -2.65. The molecule has 5 rings (SSSR count). The van der Waals surface area contributed by atoms with Gasteiger partial charge in [-0.15, -0.1) is 0 Å². The Labute approximate surface area is 225 Å². The number of likely N-dealkylation sites (tertiary alicyclic amines) is 2. The van der Waals surface area contributed by atoms with E-state index in [0.717, 1.165) is 63.0 Å². The topological polar surface area (TPSA) is 74.9 Å². The van der Waals surface area contributed by atoms with Gasteiger partial charge in [-0.25, -0.2) is 0 Å². The van der Waals surface area contributed by atoms with Crippen molar-refractivity contribution in [1.82, 2.24) is 29.9 Å². The van der Waals surface area contributed by atoms with Crippen molar-refractivity contribution < 1.29 is 9.59 Å². The lowest BCUT2D eigenvalue weighted by molar-refractivity contribution is -0.142. The number of carbonyl (C=O) groups excluding carboxylic acids is 2. The molecule has 2 aromatic rings. The van der Waals surface area contributed by atoms with Crippen molar-refractivity contribution >= 4 is 34.3 Å². The Morgan fingerprint density at radius 3 is 2.19 bits per heavy atom. The fourth-order valence-corrected chi connectivity index (χ4v) is 6.60. The van der Waals surface area contributed by atoms with Crippen molar-refractivity contribution in [2.24, 2.45) is 5.92 Å². The van der Waals surface area contributed by atoms with Crippen LogP contribution >= 0.6 is 11.6 Å². The number of carbonyl (C=O) groups is 2. The number of aromatic nitrogens is 1. The van der Waals surface area contributed by atoms with E-state index in [0.29, 0.717) is 29.8 Å². The molecule has 0 bridgehead atoms. The Morgan fingerprint density at radius 2 is 1.54 bits per heavy atom. The first-order chi connectivity index (χ1) is 17.7. The van der Waals surface area contributed by atoms with Crippen LogP contribution in [0.5, 0.6) is 0 Å². The summed E-state index contributed by atoms with van der Waals surface area (Å²) in [7, 11) is 4.31. The molecule has 0 aliphatic carbocycles. The maximum atomic E-state index is 14.2. The fourth-order valence-electron chi connectivity index (χ4n) is 6.42. The highest BCUT2D eigenvalue weighted by Crippen LogP contribution is 2.31. The molecule has 1 aromatic heterocycles. The third kappa shape index (κ3) is 5.67. The number of benzene rings is 1. The van der Waals surface area contributed by atoms with Crippen LogP contribution in [0, 0.1) is 5.92 Å². The van der Waals surface area contributed by atoms with E-state index in [-0.39, 0.29) is 17.7 Å². The summed E-state index contributed by atoms with van der Waals surface area (Å²) < 4.78 is 0. The molecule has 3 saturated heterocycles. The molecule has 1 atom stereocenters. The quantitative estimate of drug-likeness (QED) is 0.624. The number of rotatable bonds is 5. The van der Waals surface area contributed by atoms with Crippen molar-refractivity contribution in [2.45, 2.75) is 44.2 Å². The van der Waals surface area contributed by atoms with Crippen LogP contribution in [0.1, 0.15) is 43.1 Å². The van der Waals surface area contributed by atoms with Gasteiger partial charge in [0.05, 0.1) is 0 Å². The first-order valence-corrected chi connectivity index (χ1v) is 14.1. The SMILES string of the molecule is CN1CCC(N2CCN(C(=O)[C@](C)(NC(=O)c3cc4cc(Cl)ccc4[nH]3)C3CCN(C)CC3)CC2)CC1. The number of piperazine rings is 1. The van der Waals surface area contributed by atoms with E-state index in [1.807, 2.05) is 30.0 Å². The summed E-state index contributed by atoms with van der Waals surface area (Å²) in [6.45, 7) is 9.33. The lowest BCUT2D eigenvalue weighted by atomic mass is 9.77. The normalized spacial score (nSPS) is 23.3. The van der Waals surface area contributed by atoms with Gasteiger partial charge in [0.15, 0.2) is 0 Å². The smallest absolute Gasteiger partial charge is 0.268 e. The predicted molar refractivity (Wildman–Crippen MR) is 148 cm³/mol. The molecule has 2 N–H and O–H groups in total. The Balaban J connectivity index is 1.31. The number of fused-ring (bicyclic) bond motifs is 1. The summed E-state index contributed by atoms with van der Waals surface area (Å²) in [6, 6.07) is 7.95. The largest absolute Gasteiger partial charge is 0.351 e. The second-order valence-corrected chi connectivity index (χ2v) is 11.9. The van der Waals surface area contributed by atoms with E-state index >= 15 is 0 Å². The van der Waals surface area contributed by atoms with Crippen LogP contribution < -0.4 is 5.32 Å². The highest BCUT2D eigenvalue weighted by atomic mass is 35.5. The second-order valence-electron chi connectivity index (χ2n) is 11.5. The van der Waals surface area contributed by atoms with Crippen molar-refractivity contribution in [1.29, 1.82) is 0 Å². The summed E-state index contributed by atoms with van der Waals surface area (Å²) in [6.07, 6.45) is 4.17. The van der Waals surface area contributed by atoms with Gasteiger partial charge < -0.3 is 25.0 Å². The van der Waals surface area contributed by atoms with Crippen LogP contribution in [-0.2, 0) is 4.79 Å². The van der Waals surface area contributed by atoms with Crippen molar-refractivity contribution in [3.8, 4) is 0 Å². The second kappa shape index (κ2) is 10.9. The molecule has 1 aromatic carbocycles. The number of amides is 2. The minimum Gasteiger partial charge on any atom is -0.351 e. The van der Waals surface area contributed by atoms with E-state index in [1.165, 1.54) is 12.8 Å². The first kappa shape index (κ1) is 26.5. The molecule has 9 heteroatoms. The molecule has 3 fully saturated rings. The molecule has 0 spiro atoms. The van der Waals surface area contributed by atoms with Gasteiger partial charge in [-0.2, -0.15) is 0 Å². The molecule has 37 heavy (non-hydrogen) atoms. The number of piperidine rings is 2.